The first-order valence-corrected chi connectivity index (χ1v) is 8.53. The van der Waals surface area contributed by atoms with Gasteiger partial charge in [-0.25, -0.2) is 0 Å². The van der Waals surface area contributed by atoms with Gasteiger partial charge in [0.15, 0.2) is 0 Å². The van der Waals surface area contributed by atoms with Crippen LogP contribution in [-0.4, -0.2) is 0 Å². The molecule has 2 atom stereocenters. The second-order valence-electron chi connectivity index (χ2n) is 4.80. The Balaban J connectivity index is 1.87. The highest BCUT2D eigenvalue weighted by Gasteiger charge is 2.18. The molecule has 2 unspecified atom stereocenters. The number of benzene rings is 1. The van der Waals surface area contributed by atoms with Crippen molar-refractivity contribution in [3.05, 3.63) is 80.7 Å². The maximum atomic E-state index is 3.76. The molecule has 1 aromatic carbocycles. The second kappa shape index (κ2) is 6.35. The highest BCUT2D eigenvalue weighted by atomic mass is 32.1. The highest BCUT2D eigenvalue weighted by Crippen LogP contribution is 2.29. The van der Waals surface area contributed by atoms with Crippen LogP contribution in [-0.2, 0) is 0 Å². The maximum absolute atomic E-state index is 3.76. The quantitative estimate of drug-likeness (QED) is 0.678. The minimum absolute atomic E-state index is 0.256. The summed E-state index contributed by atoms with van der Waals surface area (Å²) in [4.78, 5) is 1.36. The van der Waals surface area contributed by atoms with Gasteiger partial charge in [-0.3, -0.25) is 5.32 Å². The molecule has 0 spiro atoms. The van der Waals surface area contributed by atoms with Crippen molar-refractivity contribution in [2.75, 3.05) is 0 Å². The van der Waals surface area contributed by atoms with Gasteiger partial charge in [-0.05, 0) is 46.3 Å². The predicted molar refractivity (Wildman–Crippen MR) is 88.5 cm³/mol. The topological polar surface area (TPSA) is 12.0 Å². The van der Waals surface area contributed by atoms with E-state index in [1.807, 2.05) is 0 Å². The standard InChI is InChI=1S/C17H17NS2/c1-13(15-9-11-19-12-15)18-17(16-8-5-10-20-16)14-6-3-2-4-7-14/h2-13,17-18H,1H3. The Morgan fingerprint density at radius 1 is 0.900 bits per heavy atom. The second-order valence-corrected chi connectivity index (χ2v) is 6.56. The first-order chi connectivity index (χ1) is 9.84. The van der Waals surface area contributed by atoms with Crippen LogP contribution in [0.2, 0.25) is 0 Å². The highest BCUT2D eigenvalue weighted by molar-refractivity contribution is 7.10. The minimum atomic E-state index is 0.256. The predicted octanol–water partition coefficient (Wildman–Crippen LogP) is 5.25. The van der Waals surface area contributed by atoms with Crippen LogP contribution in [0.25, 0.3) is 0 Å². The van der Waals surface area contributed by atoms with Crippen molar-refractivity contribution in [1.82, 2.24) is 5.32 Å². The van der Waals surface area contributed by atoms with Gasteiger partial charge in [0.1, 0.15) is 0 Å². The van der Waals surface area contributed by atoms with Crippen LogP contribution in [0.1, 0.15) is 35.0 Å². The molecule has 3 aromatic rings. The summed E-state index contributed by atoms with van der Waals surface area (Å²) in [6.45, 7) is 2.23. The Hall–Kier alpha value is -1.42. The third kappa shape index (κ3) is 3.01. The zero-order valence-electron chi connectivity index (χ0n) is 11.3. The lowest BCUT2D eigenvalue weighted by Crippen LogP contribution is -2.24. The summed E-state index contributed by atoms with van der Waals surface area (Å²) in [6.07, 6.45) is 0. The van der Waals surface area contributed by atoms with Crippen LogP contribution in [0.15, 0.2) is 64.7 Å². The summed E-state index contributed by atoms with van der Waals surface area (Å²) < 4.78 is 0. The number of thiophene rings is 2. The van der Waals surface area contributed by atoms with Crippen LogP contribution in [0.4, 0.5) is 0 Å². The molecule has 1 nitrogen and oxygen atoms in total. The van der Waals surface area contributed by atoms with Gasteiger partial charge in [0.05, 0.1) is 6.04 Å². The van der Waals surface area contributed by atoms with Gasteiger partial charge in [-0.2, -0.15) is 11.3 Å². The number of hydrogen-bond donors (Lipinski definition) is 1. The van der Waals surface area contributed by atoms with Gasteiger partial charge in [-0.1, -0.05) is 36.4 Å². The fraction of sp³-hybridized carbons (Fsp3) is 0.176. The molecular formula is C17H17NS2. The van der Waals surface area contributed by atoms with Crippen LogP contribution in [0, 0.1) is 0 Å². The van der Waals surface area contributed by atoms with Gasteiger partial charge >= 0.3 is 0 Å². The summed E-state index contributed by atoms with van der Waals surface area (Å²) in [7, 11) is 0. The largest absolute Gasteiger partial charge is 0.299 e. The summed E-state index contributed by atoms with van der Waals surface area (Å²) >= 11 is 3.56. The fourth-order valence-corrected chi connectivity index (χ4v) is 3.88. The molecule has 0 amide bonds. The Bertz CT molecular complexity index is 614. The summed E-state index contributed by atoms with van der Waals surface area (Å²) in [6, 6.07) is 17.8. The lowest BCUT2D eigenvalue weighted by Gasteiger charge is -2.22. The van der Waals surface area contributed by atoms with E-state index < -0.39 is 0 Å². The molecule has 0 saturated carbocycles. The number of nitrogens with one attached hydrogen (secondary N) is 1. The molecule has 20 heavy (non-hydrogen) atoms. The van der Waals surface area contributed by atoms with Gasteiger partial charge in [0.25, 0.3) is 0 Å². The van der Waals surface area contributed by atoms with Crippen LogP contribution in [0.3, 0.4) is 0 Å². The van der Waals surface area contributed by atoms with E-state index in [0.29, 0.717) is 6.04 Å². The molecule has 0 aliphatic heterocycles. The third-order valence-electron chi connectivity index (χ3n) is 3.42. The molecule has 0 fully saturated rings. The van der Waals surface area contributed by atoms with Crippen LogP contribution < -0.4 is 5.32 Å². The maximum Gasteiger partial charge on any atom is 0.0675 e. The molecule has 3 heteroatoms. The Morgan fingerprint density at radius 2 is 1.75 bits per heavy atom. The Morgan fingerprint density at radius 3 is 2.40 bits per heavy atom. The zero-order valence-corrected chi connectivity index (χ0v) is 13.0. The van der Waals surface area contributed by atoms with Crippen molar-refractivity contribution in [2.45, 2.75) is 19.0 Å². The lowest BCUT2D eigenvalue weighted by atomic mass is 10.0. The van der Waals surface area contributed by atoms with Crippen molar-refractivity contribution in [1.29, 1.82) is 0 Å². The Labute approximate surface area is 127 Å². The van der Waals surface area contributed by atoms with Crippen LogP contribution >= 0.6 is 22.7 Å². The van der Waals surface area contributed by atoms with E-state index in [-0.39, 0.29) is 6.04 Å². The van der Waals surface area contributed by atoms with Crippen molar-refractivity contribution >= 4 is 22.7 Å². The smallest absolute Gasteiger partial charge is 0.0675 e. The van der Waals surface area contributed by atoms with E-state index in [4.69, 9.17) is 0 Å². The molecule has 0 aliphatic rings. The SMILES string of the molecule is CC(NC(c1ccccc1)c1cccs1)c1ccsc1. The lowest BCUT2D eigenvalue weighted by molar-refractivity contribution is 0.522. The molecule has 2 heterocycles. The molecule has 1 N–H and O–H groups in total. The van der Waals surface area contributed by atoms with E-state index in [1.165, 1.54) is 16.0 Å². The fourth-order valence-electron chi connectivity index (χ4n) is 2.31. The molecule has 102 valence electrons. The molecule has 0 bridgehead atoms. The van der Waals surface area contributed by atoms with Crippen LogP contribution in [0.5, 0.6) is 0 Å². The first-order valence-electron chi connectivity index (χ1n) is 6.71. The molecule has 0 aliphatic carbocycles. The Kier molecular flexibility index (Phi) is 4.31. The van der Waals surface area contributed by atoms with Gasteiger partial charge in [-0.15, -0.1) is 11.3 Å². The van der Waals surface area contributed by atoms with Gasteiger partial charge in [0.2, 0.25) is 0 Å². The number of hydrogen-bond acceptors (Lipinski definition) is 3. The summed E-state index contributed by atoms with van der Waals surface area (Å²) in [5, 5.41) is 10.2. The van der Waals surface area contributed by atoms with E-state index in [1.54, 1.807) is 22.7 Å². The van der Waals surface area contributed by atoms with Gasteiger partial charge < -0.3 is 0 Å². The van der Waals surface area contributed by atoms with Crippen molar-refractivity contribution in [3.63, 3.8) is 0 Å². The van der Waals surface area contributed by atoms with E-state index in [0.717, 1.165) is 0 Å². The van der Waals surface area contributed by atoms with Crippen molar-refractivity contribution < 1.29 is 0 Å². The average molecular weight is 299 g/mol. The minimum Gasteiger partial charge on any atom is -0.299 e. The van der Waals surface area contributed by atoms with Crippen molar-refractivity contribution in [3.8, 4) is 0 Å². The monoisotopic (exact) mass is 299 g/mol. The zero-order chi connectivity index (χ0) is 13.8. The molecule has 0 saturated heterocycles. The van der Waals surface area contributed by atoms with E-state index in [9.17, 15) is 0 Å². The summed E-state index contributed by atoms with van der Waals surface area (Å²) in [5.41, 5.74) is 2.67. The normalized spacial score (nSPS) is 14.1. The van der Waals surface area contributed by atoms with E-state index >= 15 is 0 Å². The first kappa shape index (κ1) is 13.6. The average Bonchev–Trinajstić information content (AvgIpc) is 3.18. The molecule has 2 aromatic heterocycles. The summed E-state index contributed by atoms with van der Waals surface area (Å²) in [5.74, 6) is 0. The third-order valence-corrected chi connectivity index (χ3v) is 5.06. The van der Waals surface area contributed by atoms with Crippen molar-refractivity contribution in [2.24, 2.45) is 0 Å². The van der Waals surface area contributed by atoms with E-state index in [2.05, 4.69) is 76.9 Å². The number of rotatable bonds is 5. The molecule has 0 radical (unpaired) electrons. The molecule has 3 rings (SSSR count). The van der Waals surface area contributed by atoms with Gasteiger partial charge in [0, 0.05) is 10.9 Å². The molecular weight excluding hydrogens is 282 g/mol.